The number of rotatable bonds is 6. The molecular formula is C12H18ClNO3S. The van der Waals surface area contributed by atoms with Crippen LogP contribution >= 0.6 is 11.6 Å². The first-order valence-corrected chi connectivity index (χ1v) is 7.50. The van der Waals surface area contributed by atoms with Gasteiger partial charge in [0.1, 0.15) is 0 Å². The van der Waals surface area contributed by atoms with E-state index in [1.54, 1.807) is 33.1 Å². The maximum Gasteiger partial charge on any atom is 0.240 e. The summed E-state index contributed by atoms with van der Waals surface area (Å²) in [5.41, 5.74) is 1.39. The van der Waals surface area contributed by atoms with Gasteiger partial charge in [-0.3, -0.25) is 0 Å². The molecule has 0 radical (unpaired) electrons. The van der Waals surface area contributed by atoms with Crippen molar-refractivity contribution in [3.63, 3.8) is 0 Å². The molecule has 1 rings (SSSR count). The van der Waals surface area contributed by atoms with E-state index in [9.17, 15) is 8.42 Å². The average Bonchev–Trinajstić information content (AvgIpc) is 2.29. The van der Waals surface area contributed by atoms with E-state index in [1.807, 2.05) is 0 Å². The molecule has 0 aliphatic heterocycles. The lowest BCUT2D eigenvalue weighted by Gasteiger charge is -2.11. The Morgan fingerprint density at radius 3 is 2.56 bits per heavy atom. The summed E-state index contributed by atoms with van der Waals surface area (Å²) in [6.45, 7) is 4.40. The number of nitrogens with one attached hydrogen (secondary N) is 1. The van der Waals surface area contributed by atoms with E-state index in [2.05, 4.69) is 4.72 Å². The zero-order chi connectivity index (χ0) is 13.8. The van der Waals surface area contributed by atoms with Crippen LogP contribution in [0.3, 0.4) is 0 Å². The van der Waals surface area contributed by atoms with Gasteiger partial charge in [0.05, 0.1) is 4.90 Å². The third-order valence-corrected chi connectivity index (χ3v) is 4.57. The van der Waals surface area contributed by atoms with Crippen molar-refractivity contribution in [1.29, 1.82) is 0 Å². The van der Waals surface area contributed by atoms with Gasteiger partial charge < -0.3 is 4.74 Å². The third-order valence-electron chi connectivity index (χ3n) is 2.56. The van der Waals surface area contributed by atoms with Crippen LogP contribution in [0.4, 0.5) is 0 Å². The Morgan fingerprint density at radius 2 is 1.94 bits per heavy atom. The molecule has 0 saturated heterocycles. The highest BCUT2D eigenvalue weighted by atomic mass is 35.5. The van der Waals surface area contributed by atoms with Crippen LogP contribution in [0.15, 0.2) is 17.0 Å². The van der Waals surface area contributed by atoms with Crippen molar-refractivity contribution in [2.24, 2.45) is 0 Å². The first-order chi connectivity index (χ1) is 8.38. The zero-order valence-electron chi connectivity index (χ0n) is 10.8. The van der Waals surface area contributed by atoms with Gasteiger partial charge in [0, 0.05) is 25.3 Å². The molecule has 0 spiro atoms. The quantitative estimate of drug-likeness (QED) is 0.818. The summed E-state index contributed by atoms with van der Waals surface area (Å²) in [5, 5.41) is 0.575. The predicted octanol–water partition coefficient (Wildman–Crippen LogP) is 2.27. The number of aryl methyl sites for hydroxylation is 2. The van der Waals surface area contributed by atoms with Crippen LogP contribution < -0.4 is 4.72 Å². The lowest BCUT2D eigenvalue weighted by molar-refractivity contribution is 0.196. The molecule has 4 nitrogen and oxygen atoms in total. The average molecular weight is 292 g/mol. The lowest BCUT2D eigenvalue weighted by atomic mass is 10.2. The van der Waals surface area contributed by atoms with E-state index in [1.165, 1.54) is 0 Å². The summed E-state index contributed by atoms with van der Waals surface area (Å²) in [4.78, 5) is 0.279. The van der Waals surface area contributed by atoms with E-state index in [0.29, 0.717) is 30.2 Å². The van der Waals surface area contributed by atoms with Crippen molar-refractivity contribution in [3.05, 3.63) is 28.3 Å². The fourth-order valence-electron chi connectivity index (χ4n) is 1.54. The number of hydrogen-bond acceptors (Lipinski definition) is 3. The van der Waals surface area contributed by atoms with Crippen LogP contribution in [-0.2, 0) is 14.8 Å². The summed E-state index contributed by atoms with van der Waals surface area (Å²) < 4.78 is 31.6. The molecule has 0 saturated carbocycles. The fraction of sp³-hybridized carbons (Fsp3) is 0.500. The first kappa shape index (κ1) is 15.4. The van der Waals surface area contributed by atoms with Crippen molar-refractivity contribution in [3.8, 4) is 0 Å². The second kappa shape index (κ2) is 6.52. The molecular weight excluding hydrogens is 274 g/mol. The standard InChI is InChI=1S/C12H18ClNO3S/c1-9-8-12(10(2)7-11(9)13)18(15,16)14-5-4-6-17-3/h7-8,14H,4-6H2,1-3H3. The minimum atomic E-state index is -3.47. The molecule has 1 aromatic carbocycles. The van der Waals surface area contributed by atoms with Gasteiger partial charge in [-0.15, -0.1) is 0 Å². The SMILES string of the molecule is COCCCNS(=O)(=O)c1cc(C)c(Cl)cc1C. The zero-order valence-corrected chi connectivity index (χ0v) is 12.4. The molecule has 102 valence electrons. The van der Waals surface area contributed by atoms with E-state index in [0.717, 1.165) is 5.56 Å². The van der Waals surface area contributed by atoms with Gasteiger partial charge in [-0.05, 0) is 43.5 Å². The monoisotopic (exact) mass is 291 g/mol. The molecule has 0 aliphatic rings. The highest BCUT2D eigenvalue weighted by Gasteiger charge is 2.17. The number of halogens is 1. The molecule has 0 fully saturated rings. The molecule has 0 aliphatic carbocycles. The van der Waals surface area contributed by atoms with Gasteiger partial charge in [-0.25, -0.2) is 13.1 Å². The molecule has 18 heavy (non-hydrogen) atoms. The number of ether oxygens (including phenoxy) is 1. The van der Waals surface area contributed by atoms with Gasteiger partial charge in [0.2, 0.25) is 10.0 Å². The number of benzene rings is 1. The van der Waals surface area contributed by atoms with Crippen LogP contribution in [0.25, 0.3) is 0 Å². The van der Waals surface area contributed by atoms with Gasteiger partial charge in [0.15, 0.2) is 0 Å². The largest absolute Gasteiger partial charge is 0.385 e. The highest BCUT2D eigenvalue weighted by Crippen LogP contribution is 2.23. The van der Waals surface area contributed by atoms with E-state index >= 15 is 0 Å². The normalized spacial score (nSPS) is 11.8. The van der Waals surface area contributed by atoms with E-state index in [-0.39, 0.29) is 4.90 Å². The maximum atomic E-state index is 12.1. The predicted molar refractivity (Wildman–Crippen MR) is 72.6 cm³/mol. The topological polar surface area (TPSA) is 55.4 Å². The fourth-order valence-corrected chi connectivity index (χ4v) is 3.15. The third kappa shape index (κ3) is 3.95. The van der Waals surface area contributed by atoms with Crippen molar-refractivity contribution in [2.75, 3.05) is 20.3 Å². The molecule has 0 atom stereocenters. The van der Waals surface area contributed by atoms with Gasteiger partial charge >= 0.3 is 0 Å². The minimum absolute atomic E-state index is 0.279. The summed E-state index contributed by atoms with van der Waals surface area (Å²) in [5.74, 6) is 0. The van der Waals surface area contributed by atoms with Crippen molar-refractivity contribution in [2.45, 2.75) is 25.2 Å². The Balaban J connectivity index is 2.88. The second-order valence-electron chi connectivity index (χ2n) is 4.11. The molecule has 0 unspecified atom stereocenters. The van der Waals surface area contributed by atoms with Gasteiger partial charge in [-0.1, -0.05) is 11.6 Å². The smallest absolute Gasteiger partial charge is 0.240 e. The Hall–Kier alpha value is -0.620. The van der Waals surface area contributed by atoms with Crippen LogP contribution in [0.2, 0.25) is 5.02 Å². The molecule has 0 aromatic heterocycles. The summed E-state index contributed by atoms with van der Waals surface area (Å²) in [6.07, 6.45) is 0.640. The van der Waals surface area contributed by atoms with E-state index in [4.69, 9.17) is 16.3 Å². The number of hydrogen-bond donors (Lipinski definition) is 1. The summed E-state index contributed by atoms with van der Waals surface area (Å²) >= 11 is 5.95. The lowest BCUT2D eigenvalue weighted by Crippen LogP contribution is -2.26. The van der Waals surface area contributed by atoms with Crippen molar-refractivity contribution in [1.82, 2.24) is 4.72 Å². The molecule has 1 aromatic rings. The van der Waals surface area contributed by atoms with Gasteiger partial charge in [0.25, 0.3) is 0 Å². The molecule has 1 N–H and O–H groups in total. The Morgan fingerprint density at radius 1 is 1.28 bits per heavy atom. The summed E-state index contributed by atoms with van der Waals surface area (Å²) in [6, 6.07) is 3.26. The van der Waals surface area contributed by atoms with Crippen LogP contribution in [0.1, 0.15) is 17.5 Å². The number of sulfonamides is 1. The van der Waals surface area contributed by atoms with Crippen molar-refractivity contribution < 1.29 is 13.2 Å². The molecule has 0 heterocycles. The van der Waals surface area contributed by atoms with E-state index < -0.39 is 10.0 Å². The minimum Gasteiger partial charge on any atom is -0.385 e. The maximum absolute atomic E-state index is 12.1. The molecule has 0 amide bonds. The Labute approximate surface area is 113 Å². The van der Waals surface area contributed by atoms with Gasteiger partial charge in [-0.2, -0.15) is 0 Å². The van der Waals surface area contributed by atoms with Crippen LogP contribution in [0, 0.1) is 13.8 Å². The Bertz CT molecular complexity index is 514. The molecule has 6 heteroatoms. The van der Waals surface area contributed by atoms with Crippen LogP contribution in [0.5, 0.6) is 0 Å². The van der Waals surface area contributed by atoms with Crippen molar-refractivity contribution >= 4 is 21.6 Å². The Kier molecular flexibility index (Phi) is 5.59. The first-order valence-electron chi connectivity index (χ1n) is 5.64. The molecule has 0 bridgehead atoms. The van der Waals surface area contributed by atoms with Crippen LogP contribution in [-0.4, -0.2) is 28.7 Å². The number of methoxy groups -OCH3 is 1. The second-order valence-corrected chi connectivity index (χ2v) is 6.25. The summed E-state index contributed by atoms with van der Waals surface area (Å²) in [7, 11) is -1.89. The highest BCUT2D eigenvalue weighted by molar-refractivity contribution is 7.89.